The minimum atomic E-state index is -0.856. The van der Waals surface area contributed by atoms with Gasteiger partial charge in [0.25, 0.3) is 0 Å². The van der Waals surface area contributed by atoms with Gasteiger partial charge in [0, 0.05) is 6.54 Å². The smallest absolute Gasteiger partial charge is 0.307 e. The third-order valence-electron chi connectivity index (χ3n) is 3.49. The number of carbonyl (C=O) groups is 2. The third kappa shape index (κ3) is 3.49. The van der Waals surface area contributed by atoms with E-state index in [0.717, 1.165) is 19.3 Å². The molecule has 0 heterocycles. The van der Waals surface area contributed by atoms with Crippen LogP contribution in [0.2, 0.25) is 0 Å². The summed E-state index contributed by atoms with van der Waals surface area (Å²) in [5, 5.41) is 9.19. The van der Waals surface area contributed by atoms with Crippen LogP contribution in [0.5, 0.6) is 0 Å². The molecule has 4 nitrogen and oxygen atoms in total. The molecular formula is C14H21NO3. The van der Waals surface area contributed by atoms with Crippen LogP contribution in [0, 0.1) is 24.2 Å². The molecule has 1 amide bonds. The lowest BCUT2D eigenvalue weighted by atomic mass is 9.78. The van der Waals surface area contributed by atoms with Crippen LogP contribution in [-0.2, 0) is 9.59 Å². The number of hydrogen-bond acceptors (Lipinski definition) is 2. The first-order valence-corrected chi connectivity index (χ1v) is 6.56. The predicted molar refractivity (Wildman–Crippen MR) is 68.8 cm³/mol. The molecule has 1 fully saturated rings. The van der Waals surface area contributed by atoms with Gasteiger partial charge in [0.05, 0.1) is 18.4 Å². The van der Waals surface area contributed by atoms with E-state index in [0.29, 0.717) is 19.4 Å². The summed E-state index contributed by atoms with van der Waals surface area (Å²) in [7, 11) is 0. The molecule has 18 heavy (non-hydrogen) atoms. The van der Waals surface area contributed by atoms with Gasteiger partial charge in [-0.15, -0.1) is 6.42 Å². The first-order chi connectivity index (χ1) is 8.61. The zero-order valence-electron chi connectivity index (χ0n) is 10.9. The summed E-state index contributed by atoms with van der Waals surface area (Å²) < 4.78 is 0. The van der Waals surface area contributed by atoms with E-state index in [4.69, 9.17) is 6.42 Å². The van der Waals surface area contributed by atoms with E-state index >= 15 is 0 Å². The zero-order valence-corrected chi connectivity index (χ0v) is 10.9. The zero-order chi connectivity index (χ0) is 13.5. The lowest BCUT2D eigenvalue weighted by molar-refractivity contribution is -0.152. The van der Waals surface area contributed by atoms with Crippen molar-refractivity contribution in [1.82, 2.24) is 4.90 Å². The van der Waals surface area contributed by atoms with Crippen molar-refractivity contribution in [3.8, 4) is 12.3 Å². The molecule has 2 atom stereocenters. The minimum absolute atomic E-state index is 0.0816. The highest BCUT2D eigenvalue weighted by atomic mass is 16.4. The number of carbonyl (C=O) groups excluding carboxylic acids is 1. The van der Waals surface area contributed by atoms with Gasteiger partial charge in [0.1, 0.15) is 0 Å². The second kappa shape index (κ2) is 7.05. The van der Waals surface area contributed by atoms with E-state index in [2.05, 4.69) is 5.92 Å². The molecule has 1 aliphatic carbocycles. The van der Waals surface area contributed by atoms with E-state index in [-0.39, 0.29) is 12.5 Å². The maximum Gasteiger partial charge on any atom is 0.307 e. The number of carboxylic acid groups (broad SMARTS) is 1. The number of amides is 1. The predicted octanol–water partition coefficient (Wildman–Crippen LogP) is 1.75. The fraction of sp³-hybridized carbons (Fsp3) is 0.714. The number of carboxylic acids is 1. The highest BCUT2D eigenvalue weighted by molar-refractivity contribution is 5.85. The van der Waals surface area contributed by atoms with Crippen LogP contribution in [0.1, 0.15) is 39.0 Å². The molecule has 0 saturated heterocycles. The van der Waals surface area contributed by atoms with Gasteiger partial charge in [-0.2, -0.15) is 0 Å². The van der Waals surface area contributed by atoms with Crippen molar-refractivity contribution in [3.05, 3.63) is 0 Å². The van der Waals surface area contributed by atoms with Gasteiger partial charge >= 0.3 is 5.97 Å². The lowest BCUT2D eigenvalue weighted by Gasteiger charge is -2.31. The lowest BCUT2D eigenvalue weighted by Crippen LogP contribution is -2.43. The van der Waals surface area contributed by atoms with E-state index in [1.807, 2.05) is 6.92 Å². The molecule has 1 aliphatic rings. The Morgan fingerprint density at radius 2 is 1.94 bits per heavy atom. The Balaban J connectivity index is 2.77. The molecule has 0 radical (unpaired) electrons. The quantitative estimate of drug-likeness (QED) is 0.757. The molecule has 100 valence electrons. The van der Waals surface area contributed by atoms with Crippen LogP contribution in [0.15, 0.2) is 0 Å². The summed E-state index contributed by atoms with van der Waals surface area (Å²) in [6, 6.07) is 0. The molecule has 1 N–H and O–H groups in total. The molecule has 0 bridgehead atoms. The van der Waals surface area contributed by atoms with E-state index in [1.54, 1.807) is 4.90 Å². The van der Waals surface area contributed by atoms with E-state index < -0.39 is 17.8 Å². The van der Waals surface area contributed by atoms with Crippen molar-refractivity contribution in [2.75, 3.05) is 13.1 Å². The van der Waals surface area contributed by atoms with Crippen molar-refractivity contribution < 1.29 is 14.7 Å². The SMILES string of the molecule is C#CCN(CCC)C(=O)C1CCCCC1C(=O)O. The van der Waals surface area contributed by atoms with Gasteiger partial charge in [0.15, 0.2) is 0 Å². The molecule has 0 spiro atoms. The third-order valence-corrected chi connectivity index (χ3v) is 3.49. The summed E-state index contributed by atoms with van der Waals surface area (Å²) >= 11 is 0. The first kappa shape index (κ1) is 14.6. The van der Waals surface area contributed by atoms with Crippen molar-refractivity contribution in [3.63, 3.8) is 0 Å². The fourth-order valence-electron chi connectivity index (χ4n) is 2.60. The van der Waals surface area contributed by atoms with Gasteiger partial charge < -0.3 is 10.0 Å². The first-order valence-electron chi connectivity index (χ1n) is 6.56. The van der Waals surface area contributed by atoms with Crippen molar-refractivity contribution in [2.24, 2.45) is 11.8 Å². The average molecular weight is 251 g/mol. The largest absolute Gasteiger partial charge is 0.481 e. The minimum Gasteiger partial charge on any atom is -0.481 e. The Labute approximate surface area is 108 Å². The van der Waals surface area contributed by atoms with Gasteiger partial charge in [0.2, 0.25) is 5.91 Å². The van der Waals surface area contributed by atoms with E-state index in [1.165, 1.54) is 0 Å². The molecule has 4 heteroatoms. The molecular weight excluding hydrogens is 230 g/mol. The molecule has 1 rings (SSSR count). The highest BCUT2D eigenvalue weighted by Crippen LogP contribution is 2.31. The topological polar surface area (TPSA) is 57.6 Å². The Hall–Kier alpha value is -1.50. The average Bonchev–Trinajstić information content (AvgIpc) is 2.37. The fourth-order valence-corrected chi connectivity index (χ4v) is 2.60. The van der Waals surface area contributed by atoms with Crippen LogP contribution in [0.25, 0.3) is 0 Å². The Kier molecular flexibility index (Phi) is 5.70. The molecule has 0 aliphatic heterocycles. The van der Waals surface area contributed by atoms with Gasteiger partial charge in [-0.3, -0.25) is 9.59 Å². The van der Waals surface area contributed by atoms with Crippen LogP contribution >= 0.6 is 0 Å². The van der Waals surface area contributed by atoms with E-state index in [9.17, 15) is 14.7 Å². The Morgan fingerprint density at radius 1 is 1.33 bits per heavy atom. The standard InChI is InChI=1S/C14H21NO3/c1-3-9-15(10-4-2)13(16)11-7-5-6-8-12(11)14(17)18/h1,11-12H,4-10H2,2H3,(H,17,18). The van der Waals surface area contributed by atoms with Crippen LogP contribution in [0.3, 0.4) is 0 Å². The number of terminal acetylenes is 1. The van der Waals surface area contributed by atoms with Gasteiger partial charge in [-0.05, 0) is 19.3 Å². The molecule has 2 unspecified atom stereocenters. The molecule has 1 saturated carbocycles. The van der Waals surface area contributed by atoms with Crippen molar-refractivity contribution in [2.45, 2.75) is 39.0 Å². The van der Waals surface area contributed by atoms with Gasteiger partial charge in [-0.25, -0.2) is 0 Å². The van der Waals surface area contributed by atoms with Crippen LogP contribution < -0.4 is 0 Å². The highest BCUT2D eigenvalue weighted by Gasteiger charge is 2.37. The molecule has 0 aromatic rings. The number of rotatable bonds is 5. The van der Waals surface area contributed by atoms with Crippen molar-refractivity contribution in [1.29, 1.82) is 0 Å². The number of nitrogens with zero attached hydrogens (tertiary/aromatic N) is 1. The maximum atomic E-state index is 12.4. The van der Waals surface area contributed by atoms with Crippen LogP contribution in [-0.4, -0.2) is 35.0 Å². The second-order valence-electron chi connectivity index (χ2n) is 4.80. The number of aliphatic carboxylic acids is 1. The Morgan fingerprint density at radius 3 is 2.44 bits per heavy atom. The second-order valence-corrected chi connectivity index (χ2v) is 4.80. The maximum absolute atomic E-state index is 12.4. The number of hydrogen-bond donors (Lipinski definition) is 1. The summed E-state index contributed by atoms with van der Waals surface area (Å²) in [5.41, 5.74) is 0. The summed E-state index contributed by atoms with van der Waals surface area (Å²) in [6.45, 7) is 2.85. The summed E-state index contributed by atoms with van der Waals surface area (Å²) in [4.78, 5) is 25.2. The van der Waals surface area contributed by atoms with Crippen LogP contribution in [0.4, 0.5) is 0 Å². The normalized spacial score (nSPS) is 23.1. The monoisotopic (exact) mass is 251 g/mol. The van der Waals surface area contributed by atoms with Crippen molar-refractivity contribution >= 4 is 11.9 Å². The molecule has 0 aromatic heterocycles. The Bertz CT molecular complexity index is 345. The summed E-state index contributed by atoms with van der Waals surface area (Å²) in [6.07, 6.45) is 9.18. The molecule has 0 aromatic carbocycles. The van der Waals surface area contributed by atoms with Gasteiger partial charge in [-0.1, -0.05) is 25.7 Å². The summed E-state index contributed by atoms with van der Waals surface area (Å²) in [5.74, 6) is 0.605.